The number of benzene rings is 1. The van der Waals surface area contributed by atoms with Crippen molar-refractivity contribution in [2.45, 2.75) is 13.2 Å². The van der Waals surface area contributed by atoms with E-state index in [0.29, 0.717) is 23.3 Å². The van der Waals surface area contributed by atoms with Gasteiger partial charge in [0.1, 0.15) is 11.7 Å². The van der Waals surface area contributed by atoms with Gasteiger partial charge in [-0.15, -0.1) is 0 Å². The number of hydrogen-bond acceptors (Lipinski definition) is 4. The van der Waals surface area contributed by atoms with Crippen molar-refractivity contribution < 1.29 is 4.79 Å². The Labute approximate surface area is 184 Å². The molecule has 8 nitrogen and oxygen atoms in total. The molecule has 4 aromatic rings. The van der Waals surface area contributed by atoms with Crippen molar-refractivity contribution in [3.63, 3.8) is 0 Å². The summed E-state index contributed by atoms with van der Waals surface area (Å²) in [4.78, 5) is 12.5. The molecule has 148 valence electrons. The van der Waals surface area contributed by atoms with E-state index in [1.54, 1.807) is 38.7 Å². The first-order valence-electron chi connectivity index (χ1n) is 8.47. The van der Waals surface area contributed by atoms with Gasteiger partial charge in [0.2, 0.25) is 0 Å². The van der Waals surface area contributed by atoms with E-state index in [1.165, 1.54) is 0 Å². The van der Waals surface area contributed by atoms with Crippen LogP contribution in [0.3, 0.4) is 0 Å². The van der Waals surface area contributed by atoms with E-state index in [4.69, 9.17) is 23.2 Å². The molecule has 4 rings (SSSR count). The summed E-state index contributed by atoms with van der Waals surface area (Å²) in [5.74, 6) is -0.149. The van der Waals surface area contributed by atoms with Crippen LogP contribution in [0.1, 0.15) is 16.1 Å². The first-order valence-corrected chi connectivity index (χ1v) is 10.0. The average molecular weight is 495 g/mol. The van der Waals surface area contributed by atoms with E-state index < -0.39 is 5.91 Å². The van der Waals surface area contributed by atoms with Gasteiger partial charge in [-0.2, -0.15) is 15.3 Å². The number of rotatable bonds is 6. The summed E-state index contributed by atoms with van der Waals surface area (Å²) < 4.78 is 5.77. The molecule has 0 aliphatic rings. The van der Waals surface area contributed by atoms with E-state index in [1.807, 2.05) is 30.5 Å². The van der Waals surface area contributed by atoms with E-state index in [-0.39, 0.29) is 11.5 Å². The highest BCUT2D eigenvalue weighted by Crippen LogP contribution is 2.22. The van der Waals surface area contributed by atoms with Gasteiger partial charge in [-0.3, -0.25) is 14.2 Å². The van der Waals surface area contributed by atoms with Crippen LogP contribution in [0.15, 0.2) is 59.6 Å². The van der Waals surface area contributed by atoms with Crippen LogP contribution in [0.2, 0.25) is 10.0 Å². The SMILES string of the molecule is O=C(Nc1nn(Cc2ccccc2Cl)cc1Cl)c1ccn(Cn2cc(Br)cn2)n1. The Morgan fingerprint density at radius 1 is 1.03 bits per heavy atom. The molecule has 3 aromatic heterocycles. The number of anilines is 1. The maximum atomic E-state index is 12.5. The molecule has 0 aliphatic heterocycles. The van der Waals surface area contributed by atoms with Gasteiger partial charge in [-0.1, -0.05) is 41.4 Å². The third-order valence-electron chi connectivity index (χ3n) is 4.00. The van der Waals surface area contributed by atoms with Crippen LogP contribution >= 0.6 is 39.1 Å². The summed E-state index contributed by atoms with van der Waals surface area (Å²) in [6, 6.07) is 9.08. The molecule has 3 heterocycles. The Kier molecular flexibility index (Phi) is 5.70. The number of amides is 1. The van der Waals surface area contributed by atoms with E-state index in [2.05, 4.69) is 36.5 Å². The van der Waals surface area contributed by atoms with Crippen molar-refractivity contribution in [3.05, 3.63) is 80.9 Å². The van der Waals surface area contributed by atoms with Gasteiger partial charge in [0, 0.05) is 23.6 Å². The Balaban J connectivity index is 1.43. The van der Waals surface area contributed by atoms with Crippen LogP contribution in [0.4, 0.5) is 5.82 Å². The van der Waals surface area contributed by atoms with Crippen LogP contribution in [0, 0.1) is 0 Å². The lowest BCUT2D eigenvalue weighted by molar-refractivity contribution is 0.102. The molecule has 0 aliphatic carbocycles. The quantitative estimate of drug-likeness (QED) is 0.436. The zero-order chi connectivity index (χ0) is 20.4. The highest BCUT2D eigenvalue weighted by atomic mass is 79.9. The number of nitrogens with one attached hydrogen (secondary N) is 1. The summed E-state index contributed by atoms with van der Waals surface area (Å²) in [7, 11) is 0. The third-order valence-corrected chi connectivity index (χ3v) is 5.06. The molecule has 0 fully saturated rings. The second-order valence-corrected chi connectivity index (χ2v) is 7.88. The summed E-state index contributed by atoms with van der Waals surface area (Å²) in [6.45, 7) is 0.815. The second-order valence-electron chi connectivity index (χ2n) is 6.15. The molecule has 11 heteroatoms. The Bertz CT molecular complexity index is 1170. The van der Waals surface area contributed by atoms with Crippen molar-refractivity contribution in [1.82, 2.24) is 29.3 Å². The molecule has 1 aromatic carbocycles. The number of carbonyl (C=O) groups excluding carboxylic acids is 1. The minimum absolute atomic E-state index is 0.243. The van der Waals surface area contributed by atoms with Gasteiger partial charge in [-0.05, 0) is 33.6 Å². The lowest BCUT2D eigenvalue weighted by atomic mass is 10.2. The predicted octanol–water partition coefficient (Wildman–Crippen LogP) is 4.15. The maximum absolute atomic E-state index is 12.5. The second kappa shape index (κ2) is 8.40. The van der Waals surface area contributed by atoms with Gasteiger partial charge in [0.25, 0.3) is 5.91 Å². The molecule has 0 atom stereocenters. The Morgan fingerprint density at radius 2 is 1.86 bits per heavy atom. The molecule has 0 bridgehead atoms. The topological polar surface area (TPSA) is 82.6 Å². The fourth-order valence-electron chi connectivity index (χ4n) is 2.66. The van der Waals surface area contributed by atoms with Crippen LogP contribution in [0.5, 0.6) is 0 Å². The fourth-order valence-corrected chi connectivity index (χ4v) is 3.38. The summed E-state index contributed by atoms with van der Waals surface area (Å²) in [5, 5.41) is 16.4. The number of carbonyl (C=O) groups is 1. The molecule has 0 unspecified atom stereocenters. The normalized spacial score (nSPS) is 11.0. The van der Waals surface area contributed by atoms with E-state index in [9.17, 15) is 4.79 Å². The number of halogens is 3. The Hall–Kier alpha value is -2.62. The van der Waals surface area contributed by atoms with Gasteiger partial charge in [0.15, 0.2) is 11.5 Å². The number of nitrogens with zero attached hydrogens (tertiary/aromatic N) is 6. The largest absolute Gasteiger partial charge is 0.302 e. The van der Waals surface area contributed by atoms with Crippen molar-refractivity contribution in [2.75, 3.05) is 5.32 Å². The third kappa shape index (κ3) is 4.69. The predicted molar refractivity (Wildman–Crippen MR) is 113 cm³/mol. The standard InChI is InChI=1S/C18H14BrCl2N7O/c19-13-7-22-28(9-13)11-26-6-5-16(24-26)18(29)23-17-15(21)10-27(25-17)8-12-3-1-2-4-14(12)20/h1-7,9-10H,8,11H2,(H,23,25,29). The minimum Gasteiger partial charge on any atom is -0.302 e. The highest BCUT2D eigenvalue weighted by molar-refractivity contribution is 9.10. The highest BCUT2D eigenvalue weighted by Gasteiger charge is 2.15. The van der Waals surface area contributed by atoms with Crippen molar-refractivity contribution in [2.24, 2.45) is 0 Å². The zero-order valence-electron chi connectivity index (χ0n) is 14.8. The fraction of sp³-hybridized carbons (Fsp3) is 0.111. The van der Waals surface area contributed by atoms with Crippen LogP contribution in [-0.2, 0) is 13.2 Å². The molecule has 29 heavy (non-hydrogen) atoms. The van der Waals surface area contributed by atoms with Crippen molar-refractivity contribution in [1.29, 1.82) is 0 Å². The molecule has 1 amide bonds. The average Bonchev–Trinajstić information content (AvgIpc) is 3.39. The van der Waals surface area contributed by atoms with Gasteiger partial charge < -0.3 is 5.32 Å². The minimum atomic E-state index is -0.407. The summed E-state index contributed by atoms with van der Waals surface area (Å²) in [5.41, 5.74) is 1.14. The molecule has 0 saturated carbocycles. The first-order chi connectivity index (χ1) is 14.0. The molecule has 0 spiro atoms. The van der Waals surface area contributed by atoms with Gasteiger partial charge in [-0.25, -0.2) is 4.68 Å². The zero-order valence-corrected chi connectivity index (χ0v) is 17.9. The smallest absolute Gasteiger partial charge is 0.277 e. The van der Waals surface area contributed by atoms with Crippen LogP contribution in [0.25, 0.3) is 0 Å². The lowest BCUT2D eigenvalue weighted by Gasteiger charge is -2.04. The van der Waals surface area contributed by atoms with Crippen LogP contribution < -0.4 is 5.32 Å². The number of aromatic nitrogens is 6. The molecular formula is C18H14BrCl2N7O. The van der Waals surface area contributed by atoms with Crippen LogP contribution in [-0.4, -0.2) is 35.2 Å². The number of hydrogen-bond donors (Lipinski definition) is 1. The monoisotopic (exact) mass is 493 g/mol. The maximum Gasteiger partial charge on any atom is 0.277 e. The van der Waals surface area contributed by atoms with E-state index in [0.717, 1.165) is 10.0 Å². The molecule has 0 radical (unpaired) electrons. The Morgan fingerprint density at radius 3 is 2.62 bits per heavy atom. The lowest BCUT2D eigenvalue weighted by Crippen LogP contribution is -2.15. The molecule has 0 saturated heterocycles. The summed E-state index contributed by atoms with van der Waals surface area (Å²) >= 11 is 15.7. The van der Waals surface area contributed by atoms with E-state index >= 15 is 0 Å². The van der Waals surface area contributed by atoms with Crippen molar-refractivity contribution in [3.8, 4) is 0 Å². The first kappa shape index (κ1) is 19.7. The van der Waals surface area contributed by atoms with Gasteiger partial charge >= 0.3 is 0 Å². The summed E-state index contributed by atoms with van der Waals surface area (Å²) in [6.07, 6.45) is 6.82. The van der Waals surface area contributed by atoms with Gasteiger partial charge in [0.05, 0.1) is 17.2 Å². The molecular weight excluding hydrogens is 481 g/mol. The molecule has 1 N–H and O–H groups in total. The van der Waals surface area contributed by atoms with Crippen molar-refractivity contribution >= 4 is 50.9 Å².